The fourth-order valence-corrected chi connectivity index (χ4v) is 7.97. The van der Waals surface area contributed by atoms with E-state index < -0.39 is 99.3 Å². The van der Waals surface area contributed by atoms with Crippen LogP contribution in [-0.2, 0) is 38.0 Å². The molecule has 2 fully saturated rings. The molecule has 2 aliphatic heterocycles. The van der Waals surface area contributed by atoms with E-state index in [1.807, 2.05) is 12.2 Å². The molecular formula is C53H92O15. The van der Waals surface area contributed by atoms with Crippen molar-refractivity contribution in [2.45, 2.75) is 248 Å². The van der Waals surface area contributed by atoms with E-state index in [1.54, 1.807) is 0 Å². The van der Waals surface area contributed by atoms with Crippen LogP contribution in [-0.4, -0.2) is 142 Å². The minimum absolute atomic E-state index is 0.0898. The summed E-state index contributed by atoms with van der Waals surface area (Å²) < 4.78 is 33.5. The normalized spacial score (nSPS) is 26.1. The molecule has 15 heteroatoms. The molecule has 7 N–H and O–H groups in total. The minimum Gasteiger partial charge on any atom is -0.462 e. The molecule has 0 radical (unpaired) electrons. The molecule has 0 aromatic carbocycles. The maximum absolute atomic E-state index is 13.0. The quantitative estimate of drug-likeness (QED) is 0.0179. The van der Waals surface area contributed by atoms with Gasteiger partial charge in [-0.1, -0.05) is 165 Å². The van der Waals surface area contributed by atoms with Gasteiger partial charge in [-0.3, -0.25) is 9.59 Å². The molecule has 0 aromatic rings. The first-order chi connectivity index (χ1) is 33.0. The van der Waals surface area contributed by atoms with E-state index in [0.717, 1.165) is 44.9 Å². The Kier molecular flexibility index (Phi) is 36.3. The summed E-state index contributed by atoms with van der Waals surface area (Å²) in [6.45, 7) is 2.52. The van der Waals surface area contributed by atoms with E-state index in [0.29, 0.717) is 19.3 Å². The van der Waals surface area contributed by atoms with Crippen molar-refractivity contribution < 1.29 is 73.8 Å². The van der Waals surface area contributed by atoms with Gasteiger partial charge in [-0.25, -0.2) is 0 Å². The highest BCUT2D eigenvalue weighted by molar-refractivity contribution is 5.70. The monoisotopic (exact) mass is 969 g/mol. The molecule has 2 saturated heterocycles. The number of rotatable bonds is 40. The molecule has 0 spiro atoms. The zero-order valence-electron chi connectivity index (χ0n) is 41.6. The highest BCUT2D eigenvalue weighted by atomic mass is 16.7. The smallest absolute Gasteiger partial charge is 0.306 e. The fraction of sp³-hybridized carbons (Fsp3) is 0.811. The van der Waals surface area contributed by atoms with E-state index in [9.17, 15) is 45.3 Å². The highest BCUT2D eigenvalue weighted by Crippen LogP contribution is 2.26. The average Bonchev–Trinajstić information content (AvgIpc) is 3.33. The molecule has 0 aliphatic carbocycles. The SMILES string of the molecule is CCCCCCCCC/C=C/C/C=C/C/C=C/C/C=C/CCCC(=O)O[C@H](COC(=O)CCCCCCCCCCCCC)CO[C@H]1O[C@@H](CO[C@H]2O[C@@H](CO)[C@@H](O)C(O)C2O)[C@@H](O)C(O)C1O. The molecule has 4 unspecified atom stereocenters. The zero-order chi connectivity index (χ0) is 49.6. The number of aliphatic hydroxyl groups excluding tert-OH is 7. The van der Waals surface area contributed by atoms with E-state index in [2.05, 4.69) is 50.3 Å². The van der Waals surface area contributed by atoms with E-state index >= 15 is 0 Å². The molecule has 0 aromatic heterocycles. The largest absolute Gasteiger partial charge is 0.462 e. The minimum atomic E-state index is -1.77. The predicted octanol–water partition coefficient (Wildman–Crippen LogP) is 7.49. The van der Waals surface area contributed by atoms with Crippen LogP contribution in [0, 0.1) is 0 Å². The number of aliphatic hydroxyl groups is 7. The number of hydrogen-bond acceptors (Lipinski definition) is 15. The number of unbranched alkanes of at least 4 members (excludes halogenated alkanes) is 18. The van der Waals surface area contributed by atoms with Crippen LogP contribution in [0.4, 0.5) is 0 Å². The molecule has 11 atom stereocenters. The van der Waals surface area contributed by atoms with Crippen LogP contribution in [0.15, 0.2) is 48.6 Å². The maximum Gasteiger partial charge on any atom is 0.306 e. The van der Waals surface area contributed by atoms with Crippen molar-refractivity contribution >= 4 is 11.9 Å². The van der Waals surface area contributed by atoms with Crippen molar-refractivity contribution in [3.05, 3.63) is 48.6 Å². The Morgan fingerprint density at radius 1 is 0.471 bits per heavy atom. The van der Waals surface area contributed by atoms with Gasteiger partial charge in [0.05, 0.1) is 19.8 Å². The molecule has 15 nitrogen and oxygen atoms in total. The second kappa shape index (κ2) is 40.1. The number of carbonyl (C=O) groups excluding carboxylic acids is 2. The Morgan fingerprint density at radius 2 is 0.897 bits per heavy atom. The summed E-state index contributed by atoms with van der Waals surface area (Å²) in [6.07, 6.45) is 27.3. The van der Waals surface area contributed by atoms with Crippen LogP contribution in [0.25, 0.3) is 0 Å². The second-order valence-corrected chi connectivity index (χ2v) is 18.4. The lowest BCUT2D eigenvalue weighted by Crippen LogP contribution is -2.61. The molecule has 394 valence electrons. The number of carbonyl (C=O) groups is 2. The third-order valence-corrected chi connectivity index (χ3v) is 12.3. The Bertz CT molecular complexity index is 1370. The third kappa shape index (κ3) is 27.7. The molecular weight excluding hydrogens is 877 g/mol. The van der Waals surface area contributed by atoms with E-state index in [-0.39, 0.29) is 19.4 Å². The standard InChI is InChI=1S/C53H92O15/c1-3-5-7-9-11-13-15-16-17-18-19-20-21-22-23-24-26-28-30-32-34-36-45(56)66-41(38-63-44(55)35-33-31-29-27-25-14-12-10-8-6-4-2)39-64-52-51(62)49(60)47(58)43(68-52)40-65-53-50(61)48(59)46(57)42(37-54)67-53/h17-18,20-21,23-24,28,30,41-43,46-54,57-62H,3-16,19,22,25-27,29,31-40H2,1-2H3/b18-17+,21-20+,24-23+,30-28+/t41-,42+,43+,46-,47-,48?,49?,50?,51?,52+,53+/m1/s1. The van der Waals surface area contributed by atoms with E-state index in [4.69, 9.17) is 28.4 Å². The summed E-state index contributed by atoms with van der Waals surface area (Å²) in [5.41, 5.74) is 0. The molecule has 0 amide bonds. The van der Waals surface area contributed by atoms with Crippen molar-refractivity contribution in [3.8, 4) is 0 Å². The first kappa shape index (κ1) is 61.6. The van der Waals surface area contributed by atoms with Gasteiger partial charge in [0, 0.05) is 12.8 Å². The number of esters is 2. The van der Waals surface area contributed by atoms with Crippen LogP contribution in [0.3, 0.4) is 0 Å². The lowest BCUT2D eigenvalue weighted by atomic mass is 9.98. The molecule has 2 aliphatic rings. The van der Waals surface area contributed by atoms with Crippen LogP contribution in [0.2, 0.25) is 0 Å². The van der Waals surface area contributed by atoms with Gasteiger partial charge in [0.15, 0.2) is 18.7 Å². The Labute approximate surface area is 408 Å². The van der Waals surface area contributed by atoms with Crippen molar-refractivity contribution in [2.24, 2.45) is 0 Å². The average molecular weight is 969 g/mol. The predicted molar refractivity (Wildman–Crippen MR) is 261 cm³/mol. The number of hydrogen-bond donors (Lipinski definition) is 7. The van der Waals surface area contributed by atoms with Gasteiger partial charge in [0.2, 0.25) is 0 Å². The van der Waals surface area contributed by atoms with Crippen LogP contribution < -0.4 is 0 Å². The first-order valence-corrected chi connectivity index (χ1v) is 26.2. The molecule has 0 bridgehead atoms. The summed E-state index contributed by atoms with van der Waals surface area (Å²) in [7, 11) is 0. The topological polar surface area (TPSA) is 231 Å². The van der Waals surface area contributed by atoms with Gasteiger partial charge >= 0.3 is 11.9 Å². The summed E-state index contributed by atoms with van der Waals surface area (Å²) >= 11 is 0. The summed E-state index contributed by atoms with van der Waals surface area (Å²) in [4.78, 5) is 25.7. The Hall–Kier alpha value is -2.54. The van der Waals surface area contributed by atoms with Gasteiger partial charge in [0.25, 0.3) is 0 Å². The van der Waals surface area contributed by atoms with Crippen molar-refractivity contribution in [1.29, 1.82) is 0 Å². The molecule has 68 heavy (non-hydrogen) atoms. The van der Waals surface area contributed by atoms with Crippen LogP contribution >= 0.6 is 0 Å². The van der Waals surface area contributed by atoms with Crippen molar-refractivity contribution in [3.63, 3.8) is 0 Å². The van der Waals surface area contributed by atoms with Crippen molar-refractivity contribution in [1.82, 2.24) is 0 Å². The van der Waals surface area contributed by atoms with Gasteiger partial charge in [0.1, 0.15) is 55.4 Å². The highest BCUT2D eigenvalue weighted by Gasteiger charge is 2.47. The zero-order valence-corrected chi connectivity index (χ0v) is 41.6. The molecule has 0 saturated carbocycles. The van der Waals surface area contributed by atoms with Crippen LogP contribution in [0.1, 0.15) is 181 Å². The van der Waals surface area contributed by atoms with Gasteiger partial charge in [-0.05, 0) is 51.4 Å². The first-order valence-electron chi connectivity index (χ1n) is 26.2. The fourth-order valence-electron chi connectivity index (χ4n) is 7.97. The number of allylic oxidation sites excluding steroid dienone is 8. The molecule has 2 rings (SSSR count). The van der Waals surface area contributed by atoms with Crippen LogP contribution in [0.5, 0.6) is 0 Å². The van der Waals surface area contributed by atoms with Gasteiger partial charge < -0.3 is 64.2 Å². The second-order valence-electron chi connectivity index (χ2n) is 18.4. The summed E-state index contributed by atoms with van der Waals surface area (Å²) in [6, 6.07) is 0. The lowest BCUT2D eigenvalue weighted by molar-refractivity contribution is -0.332. The Balaban J connectivity index is 1.82. The lowest BCUT2D eigenvalue weighted by Gasteiger charge is -2.42. The molecule has 2 heterocycles. The van der Waals surface area contributed by atoms with Gasteiger partial charge in [-0.15, -0.1) is 0 Å². The third-order valence-electron chi connectivity index (χ3n) is 12.3. The maximum atomic E-state index is 13.0. The summed E-state index contributed by atoms with van der Waals surface area (Å²) in [5.74, 6) is -0.990. The Morgan fingerprint density at radius 3 is 1.43 bits per heavy atom. The van der Waals surface area contributed by atoms with Crippen molar-refractivity contribution in [2.75, 3.05) is 26.4 Å². The number of ether oxygens (including phenoxy) is 6. The van der Waals surface area contributed by atoms with Gasteiger partial charge in [-0.2, -0.15) is 0 Å². The van der Waals surface area contributed by atoms with E-state index in [1.165, 1.54) is 89.9 Å². The summed E-state index contributed by atoms with van der Waals surface area (Å²) in [5, 5.41) is 72.0.